The van der Waals surface area contributed by atoms with Crippen molar-refractivity contribution in [2.75, 3.05) is 27.7 Å². The van der Waals surface area contributed by atoms with Crippen LogP contribution in [0.25, 0.3) is 0 Å². The van der Waals surface area contributed by atoms with Crippen LogP contribution in [0.15, 0.2) is 48.5 Å². The first-order chi connectivity index (χ1) is 13.4. The second-order valence-electron chi connectivity index (χ2n) is 7.03. The molecule has 0 saturated carbocycles. The fraction of sp³-hybridized carbons (Fsp3) is 0.391. The number of Topliss-reactive ketones (excluding diaryl/α,β-unsaturated/α-hetero) is 1. The molecule has 0 fully saturated rings. The molecule has 0 bridgehead atoms. The van der Waals surface area contributed by atoms with Gasteiger partial charge in [0.15, 0.2) is 5.78 Å². The first-order valence-corrected chi connectivity index (χ1v) is 9.63. The van der Waals surface area contributed by atoms with Crippen molar-refractivity contribution in [1.29, 1.82) is 0 Å². The molecule has 2 aromatic carbocycles. The molecule has 1 unspecified atom stereocenters. The Balaban J connectivity index is 1.85. The highest BCUT2D eigenvalue weighted by Gasteiger charge is 2.16. The number of ether oxygens (including phenoxy) is 1. The summed E-state index contributed by atoms with van der Waals surface area (Å²) in [6, 6.07) is 15.5. The number of likely N-dealkylation sites (N-methyl/N-ethyl adjacent to an activating group) is 1. The average Bonchev–Trinajstić information content (AvgIpc) is 2.72. The molecule has 2 rings (SSSR count). The Labute approximate surface area is 167 Å². The topological polar surface area (TPSA) is 58.6 Å². The van der Waals surface area contributed by atoms with Crippen molar-refractivity contribution in [2.45, 2.75) is 32.2 Å². The second-order valence-corrected chi connectivity index (χ2v) is 7.03. The van der Waals surface area contributed by atoms with Crippen LogP contribution in [0.5, 0.6) is 5.75 Å². The lowest BCUT2D eigenvalue weighted by Gasteiger charge is -2.25. The number of nitrogens with one attached hydrogen (secondary N) is 1. The Kier molecular flexibility index (Phi) is 8.20. The highest BCUT2D eigenvalue weighted by atomic mass is 16.5. The molecule has 150 valence electrons. The zero-order chi connectivity index (χ0) is 20.5. The van der Waals surface area contributed by atoms with Crippen LogP contribution in [-0.2, 0) is 11.2 Å². The third-order valence-electron chi connectivity index (χ3n) is 4.88. The molecule has 1 amide bonds. The minimum absolute atomic E-state index is 0.0443. The zero-order valence-corrected chi connectivity index (χ0v) is 17.2. The number of aryl methyl sites for hydroxylation is 1. The van der Waals surface area contributed by atoms with E-state index in [9.17, 15) is 9.59 Å². The monoisotopic (exact) mass is 382 g/mol. The summed E-state index contributed by atoms with van der Waals surface area (Å²) < 4.78 is 5.09. The standard InChI is InChI=1S/C23H30N2O3/c1-5-17-6-8-18(9-7-17)21(25(2)3)16-24-23(27)15-14-22(26)19-10-12-20(28-4)13-11-19/h6-13,21H,5,14-16H2,1-4H3,(H,24,27). The highest BCUT2D eigenvalue weighted by molar-refractivity contribution is 5.98. The van der Waals surface area contributed by atoms with E-state index in [1.165, 1.54) is 5.56 Å². The van der Waals surface area contributed by atoms with Crippen LogP contribution in [0, 0.1) is 0 Å². The minimum atomic E-state index is -0.112. The Bertz CT molecular complexity index is 767. The third kappa shape index (κ3) is 6.20. The fourth-order valence-electron chi connectivity index (χ4n) is 3.02. The van der Waals surface area contributed by atoms with Crippen LogP contribution in [-0.4, -0.2) is 44.3 Å². The zero-order valence-electron chi connectivity index (χ0n) is 17.2. The molecule has 0 aliphatic carbocycles. The molecule has 1 atom stereocenters. The summed E-state index contributed by atoms with van der Waals surface area (Å²) >= 11 is 0. The van der Waals surface area contributed by atoms with Gasteiger partial charge in [-0.05, 0) is 55.9 Å². The van der Waals surface area contributed by atoms with Gasteiger partial charge in [0.1, 0.15) is 5.75 Å². The summed E-state index contributed by atoms with van der Waals surface area (Å²) in [5, 5.41) is 2.96. The lowest BCUT2D eigenvalue weighted by Crippen LogP contribution is -2.34. The number of carbonyl (C=O) groups excluding carboxylic acids is 2. The number of methoxy groups -OCH3 is 1. The van der Waals surface area contributed by atoms with Gasteiger partial charge in [-0.25, -0.2) is 0 Å². The summed E-state index contributed by atoms with van der Waals surface area (Å²) in [6.07, 6.45) is 1.38. The Hall–Kier alpha value is -2.66. The minimum Gasteiger partial charge on any atom is -0.497 e. The molecule has 0 aliphatic rings. The third-order valence-corrected chi connectivity index (χ3v) is 4.88. The summed E-state index contributed by atoms with van der Waals surface area (Å²) in [6.45, 7) is 2.64. The van der Waals surface area contributed by atoms with Crippen LogP contribution < -0.4 is 10.1 Å². The number of hydrogen-bond donors (Lipinski definition) is 1. The number of amides is 1. The Morgan fingerprint density at radius 2 is 1.64 bits per heavy atom. The van der Waals surface area contributed by atoms with Crippen LogP contribution >= 0.6 is 0 Å². The second kappa shape index (κ2) is 10.6. The molecule has 0 aliphatic heterocycles. The van der Waals surface area contributed by atoms with Gasteiger partial charge in [-0.3, -0.25) is 9.59 Å². The number of rotatable bonds is 10. The molecule has 0 radical (unpaired) electrons. The average molecular weight is 383 g/mol. The predicted molar refractivity (Wildman–Crippen MR) is 112 cm³/mol. The van der Waals surface area contributed by atoms with E-state index >= 15 is 0 Å². The highest BCUT2D eigenvalue weighted by Crippen LogP contribution is 2.18. The number of ketones is 1. The predicted octanol–water partition coefficient (Wildman–Crippen LogP) is 3.64. The van der Waals surface area contributed by atoms with Gasteiger partial charge < -0.3 is 15.0 Å². The molecule has 5 nitrogen and oxygen atoms in total. The van der Waals surface area contributed by atoms with Gasteiger partial charge in [0.2, 0.25) is 5.91 Å². The van der Waals surface area contributed by atoms with E-state index in [0.29, 0.717) is 17.9 Å². The first-order valence-electron chi connectivity index (χ1n) is 9.63. The molecule has 28 heavy (non-hydrogen) atoms. The van der Waals surface area contributed by atoms with Gasteiger partial charge in [-0.2, -0.15) is 0 Å². The van der Waals surface area contributed by atoms with E-state index in [2.05, 4.69) is 41.4 Å². The van der Waals surface area contributed by atoms with Gasteiger partial charge in [0.05, 0.1) is 13.2 Å². The van der Waals surface area contributed by atoms with Crippen LogP contribution in [0.3, 0.4) is 0 Å². The SMILES string of the molecule is CCc1ccc(C(CNC(=O)CCC(=O)c2ccc(OC)cc2)N(C)C)cc1. The van der Waals surface area contributed by atoms with Crippen molar-refractivity contribution in [3.63, 3.8) is 0 Å². The molecular formula is C23H30N2O3. The van der Waals surface area contributed by atoms with Crippen molar-refractivity contribution >= 4 is 11.7 Å². The summed E-state index contributed by atoms with van der Waals surface area (Å²) in [4.78, 5) is 26.6. The van der Waals surface area contributed by atoms with Crippen molar-refractivity contribution in [2.24, 2.45) is 0 Å². The molecular weight excluding hydrogens is 352 g/mol. The van der Waals surface area contributed by atoms with Crippen molar-refractivity contribution in [3.8, 4) is 5.75 Å². The van der Waals surface area contributed by atoms with Gasteiger partial charge >= 0.3 is 0 Å². The van der Waals surface area contributed by atoms with E-state index in [4.69, 9.17) is 4.74 Å². The normalized spacial score (nSPS) is 11.9. The molecule has 5 heteroatoms. The Morgan fingerprint density at radius 1 is 1.00 bits per heavy atom. The van der Waals surface area contributed by atoms with Crippen molar-refractivity contribution in [1.82, 2.24) is 10.2 Å². The van der Waals surface area contributed by atoms with Crippen molar-refractivity contribution < 1.29 is 14.3 Å². The van der Waals surface area contributed by atoms with E-state index in [0.717, 1.165) is 12.0 Å². The fourth-order valence-corrected chi connectivity index (χ4v) is 3.02. The summed E-state index contributed by atoms with van der Waals surface area (Å²) in [5.74, 6) is 0.548. The maximum absolute atomic E-state index is 12.2. The summed E-state index contributed by atoms with van der Waals surface area (Å²) in [5.41, 5.74) is 3.05. The van der Waals surface area contributed by atoms with Crippen LogP contribution in [0.4, 0.5) is 0 Å². The largest absolute Gasteiger partial charge is 0.497 e. The molecule has 0 spiro atoms. The van der Waals surface area contributed by atoms with Crippen LogP contribution in [0.1, 0.15) is 47.3 Å². The number of benzene rings is 2. The first kappa shape index (κ1) is 21.6. The Morgan fingerprint density at radius 3 is 2.18 bits per heavy atom. The molecule has 1 N–H and O–H groups in total. The number of hydrogen-bond acceptors (Lipinski definition) is 4. The lowest BCUT2D eigenvalue weighted by molar-refractivity contribution is -0.121. The van der Waals surface area contributed by atoms with E-state index in [1.54, 1.807) is 31.4 Å². The van der Waals surface area contributed by atoms with Crippen LogP contribution in [0.2, 0.25) is 0 Å². The van der Waals surface area contributed by atoms with Gasteiger partial charge in [-0.1, -0.05) is 31.2 Å². The molecule has 0 heterocycles. The summed E-state index contributed by atoms with van der Waals surface area (Å²) in [7, 11) is 5.58. The smallest absolute Gasteiger partial charge is 0.220 e. The van der Waals surface area contributed by atoms with Crippen molar-refractivity contribution in [3.05, 3.63) is 65.2 Å². The lowest BCUT2D eigenvalue weighted by atomic mass is 10.0. The number of carbonyl (C=O) groups is 2. The van der Waals surface area contributed by atoms with Gasteiger partial charge in [-0.15, -0.1) is 0 Å². The maximum Gasteiger partial charge on any atom is 0.220 e. The van der Waals surface area contributed by atoms with Gasteiger partial charge in [0, 0.05) is 24.9 Å². The molecule has 0 saturated heterocycles. The quantitative estimate of drug-likeness (QED) is 0.638. The van der Waals surface area contributed by atoms with E-state index < -0.39 is 0 Å². The number of nitrogens with zero attached hydrogens (tertiary/aromatic N) is 1. The molecule has 2 aromatic rings. The van der Waals surface area contributed by atoms with E-state index in [-0.39, 0.29) is 30.6 Å². The maximum atomic E-state index is 12.2. The van der Waals surface area contributed by atoms with E-state index in [1.807, 2.05) is 14.1 Å². The van der Waals surface area contributed by atoms with Gasteiger partial charge in [0.25, 0.3) is 0 Å². The molecule has 0 aromatic heterocycles.